The molecule has 0 fully saturated rings. The minimum atomic E-state index is -3.85. The summed E-state index contributed by atoms with van der Waals surface area (Å²) in [5, 5.41) is 1.22. The summed E-state index contributed by atoms with van der Waals surface area (Å²) in [5.41, 5.74) is 1.21. The zero-order chi connectivity index (χ0) is 15.8. The third kappa shape index (κ3) is 4.61. The first-order valence-corrected chi connectivity index (χ1v) is 11.8. The third-order valence-corrected chi connectivity index (χ3v) is 10.5. The number of rotatable bonds is 5. The maximum atomic E-state index is 10.7. The number of nitrogens with zero attached hydrogens (tertiary/aromatic N) is 1. The molecular weight excluding hydrogens is 651 g/mol. The fourth-order valence-corrected chi connectivity index (χ4v) is 6.28. The van der Waals surface area contributed by atoms with Gasteiger partial charge in [-0.1, -0.05) is 11.3 Å². The number of aryl methyl sites for hydroxylation is 2. The molecule has 1 N–H and O–H groups in total. The van der Waals surface area contributed by atoms with Crippen LogP contribution in [0, 0.1) is 17.6 Å². The van der Waals surface area contributed by atoms with Crippen LogP contribution in [0.1, 0.15) is 17.8 Å². The van der Waals surface area contributed by atoms with Crippen LogP contribution in [0.15, 0.2) is 6.07 Å². The van der Waals surface area contributed by atoms with Gasteiger partial charge >= 0.3 is 0 Å². The zero-order valence-corrected chi connectivity index (χ0v) is 19.2. The number of hydrogen-bond donors (Lipinski definition) is 1. The summed E-state index contributed by atoms with van der Waals surface area (Å²) in [7, 11) is -3.85. The van der Waals surface area contributed by atoms with Crippen LogP contribution in [0.5, 0.6) is 0 Å². The summed E-state index contributed by atoms with van der Waals surface area (Å²) >= 11 is 8.87. The maximum absolute atomic E-state index is 10.7. The second kappa shape index (κ2) is 7.40. The van der Waals surface area contributed by atoms with E-state index in [9.17, 15) is 8.42 Å². The van der Waals surface area contributed by atoms with E-state index < -0.39 is 10.1 Å². The Morgan fingerprint density at radius 1 is 1.24 bits per heavy atom. The molecule has 2 rings (SSSR count). The lowest BCUT2D eigenvalue weighted by Crippen LogP contribution is -2.35. The van der Waals surface area contributed by atoms with E-state index in [1.165, 1.54) is 25.9 Å². The molecule has 0 unspecified atom stereocenters. The molecule has 1 aromatic carbocycles. The van der Waals surface area contributed by atoms with E-state index in [4.69, 9.17) is 4.55 Å². The Balaban J connectivity index is 2.26. The van der Waals surface area contributed by atoms with Crippen molar-refractivity contribution in [3.05, 3.63) is 21.8 Å². The van der Waals surface area contributed by atoms with Crippen molar-refractivity contribution in [3.8, 4) is 0 Å². The number of benzene rings is 1. The molecule has 0 spiro atoms. The lowest BCUT2D eigenvalue weighted by Gasteiger charge is -2.01. The highest BCUT2D eigenvalue weighted by molar-refractivity contribution is 14.1. The van der Waals surface area contributed by atoms with E-state index >= 15 is 0 Å². The Morgan fingerprint density at radius 2 is 1.90 bits per heavy atom. The van der Waals surface area contributed by atoms with Gasteiger partial charge in [0.1, 0.15) is 11.2 Å². The van der Waals surface area contributed by atoms with Crippen LogP contribution in [0.25, 0.3) is 10.2 Å². The van der Waals surface area contributed by atoms with Gasteiger partial charge in [-0.15, -0.1) is 0 Å². The second-order valence-corrected chi connectivity index (χ2v) is 10.7. The average molecular weight is 664 g/mol. The van der Waals surface area contributed by atoms with E-state index in [2.05, 4.69) is 85.3 Å². The normalized spacial score (nSPS) is 12.2. The van der Waals surface area contributed by atoms with Crippen molar-refractivity contribution < 1.29 is 17.5 Å². The molecule has 9 heteroatoms. The molecule has 116 valence electrons. The first-order valence-electron chi connectivity index (χ1n) is 6.12. The molecule has 1 aromatic heterocycles. The van der Waals surface area contributed by atoms with E-state index in [0.29, 0.717) is 6.42 Å². The van der Waals surface area contributed by atoms with Gasteiger partial charge in [-0.05, 0) is 74.2 Å². The van der Waals surface area contributed by atoms with E-state index in [1.54, 1.807) is 11.3 Å². The smallest absolute Gasteiger partial charge is 0.264 e. The van der Waals surface area contributed by atoms with Gasteiger partial charge in [-0.2, -0.15) is 13.0 Å². The molecule has 0 aliphatic carbocycles. The minimum Gasteiger partial charge on any atom is -0.286 e. The molecule has 0 bridgehead atoms. The average Bonchev–Trinajstić information content (AvgIpc) is 2.68. The number of thiazole rings is 1. The Kier molecular flexibility index (Phi) is 6.54. The molecule has 0 saturated carbocycles. The van der Waals surface area contributed by atoms with Gasteiger partial charge < -0.3 is 0 Å². The highest BCUT2D eigenvalue weighted by Gasteiger charge is 2.22. The quantitative estimate of drug-likeness (QED) is 0.173. The highest BCUT2D eigenvalue weighted by atomic mass is 127. The molecule has 0 radical (unpaired) electrons. The number of fused-ring (bicyclic) bond motifs is 1. The standard InChI is InChI=1S/C12H12I3NO3S2/c1-7-16(4-2-3-5-21(17,18)19)9-6-8(13)10(14)11(15)12(9)20-7/h6H,2-5H2,1H3/p+1. The van der Waals surface area contributed by atoms with Crippen LogP contribution >= 0.6 is 79.1 Å². The van der Waals surface area contributed by atoms with Crippen molar-refractivity contribution in [1.29, 1.82) is 0 Å². The van der Waals surface area contributed by atoms with Crippen molar-refractivity contribution in [2.45, 2.75) is 26.3 Å². The second-order valence-electron chi connectivity index (χ2n) is 4.60. The fraction of sp³-hybridized carbons (Fsp3) is 0.417. The molecule has 2 aromatic rings. The predicted molar refractivity (Wildman–Crippen MR) is 111 cm³/mol. The molecule has 0 saturated heterocycles. The summed E-state index contributed by atoms with van der Waals surface area (Å²) in [5.74, 6) is -0.165. The van der Waals surface area contributed by atoms with Gasteiger partial charge in [0.25, 0.3) is 10.1 Å². The van der Waals surface area contributed by atoms with Crippen molar-refractivity contribution in [2.24, 2.45) is 0 Å². The number of halogens is 3. The summed E-state index contributed by atoms with van der Waals surface area (Å²) < 4.78 is 37.6. The monoisotopic (exact) mass is 664 g/mol. The van der Waals surface area contributed by atoms with Crippen LogP contribution < -0.4 is 4.57 Å². The SMILES string of the molecule is Cc1sc2c(I)c(I)c(I)cc2[n+]1CCCCS(=O)(=O)O. The molecular formula is C12H13I3NO3S2+. The van der Waals surface area contributed by atoms with Gasteiger partial charge in [0, 0.05) is 26.6 Å². The summed E-state index contributed by atoms with van der Waals surface area (Å²) in [4.78, 5) is 0. The third-order valence-electron chi connectivity index (χ3n) is 3.05. The van der Waals surface area contributed by atoms with Crippen LogP contribution in [0.4, 0.5) is 0 Å². The van der Waals surface area contributed by atoms with Gasteiger partial charge in [0.05, 0.1) is 9.32 Å². The van der Waals surface area contributed by atoms with E-state index in [-0.39, 0.29) is 5.75 Å². The molecule has 0 amide bonds. The lowest BCUT2D eigenvalue weighted by molar-refractivity contribution is -0.673. The predicted octanol–water partition coefficient (Wildman–Crippen LogP) is 3.98. The number of unbranched alkanes of at least 4 members (excludes halogenated alkanes) is 1. The van der Waals surface area contributed by atoms with Gasteiger partial charge in [0.15, 0.2) is 0 Å². The van der Waals surface area contributed by atoms with Gasteiger partial charge in [-0.3, -0.25) is 4.55 Å². The van der Waals surface area contributed by atoms with Gasteiger partial charge in [0.2, 0.25) is 10.5 Å². The Bertz CT molecular complexity index is 787. The first kappa shape index (κ1) is 18.5. The van der Waals surface area contributed by atoms with Crippen molar-refractivity contribution in [3.63, 3.8) is 0 Å². The lowest BCUT2D eigenvalue weighted by atomic mass is 10.3. The Morgan fingerprint density at radius 3 is 2.52 bits per heavy atom. The zero-order valence-electron chi connectivity index (χ0n) is 11.1. The van der Waals surface area contributed by atoms with Crippen LogP contribution in [-0.4, -0.2) is 18.7 Å². The summed E-state index contributed by atoms with van der Waals surface area (Å²) in [6.45, 7) is 2.86. The molecule has 0 aliphatic rings. The topological polar surface area (TPSA) is 58.2 Å². The molecule has 0 atom stereocenters. The largest absolute Gasteiger partial charge is 0.286 e. The van der Waals surface area contributed by atoms with Crippen LogP contribution in [0.3, 0.4) is 0 Å². The highest BCUT2D eigenvalue weighted by Crippen LogP contribution is 2.32. The fourth-order valence-electron chi connectivity index (χ4n) is 2.07. The van der Waals surface area contributed by atoms with E-state index in [0.717, 1.165) is 13.0 Å². The molecule has 0 aliphatic heterocycles. The van der Waals surface area contributed by atoms with Crippen molar-refractivity contribution in [2.75, 3.05) is 5.75 Å². The van der Waals surface area contributed by atoms with Crippen molar-refractivity contribution in [1.82, 2.24) is 0 Å². The van der Waals surface area contributed by atoms with Crippen LogP contribution in [-0.2, 0) is 16.7 Å². The first-order chi connectivity index (χ1) is 9.70. The maximum Gasteiger partial charge on any atom is 0.264 e. The Hall–Kier alpha value is 1.21. The Labute approximate surface area is 168 Å². The molecule has 1 heterocycles. The van der Waals surface area contributed by atoms with Crippen LogP contribution in [0.2, 0.25) is 0 Å². The molecule has 4 nitrogen and oxygen atoms in total. The minimum absolute atomic E-state index is 0.165. The molecule has 21 heavy (non-hydrogen) atoms. The number of aromatic nitrogens is 1. The summed E-state index contributed by atoms with van der Waals surface area (Å²) in [6, 6.07) is 2.19. The van der Waals surface area contributed by atoms with Crippen molar-refractivity contribution >= 4 is 99.4 Å². The van der Waals surface area contributed by atoms with Gasteiger partial charge in [-0.25, -0.2) is 0 Å². The summed E-state index contributed by atoms with van der Waals surface area (Å²) in [6.07, 6.45) is 1.21. The van der Waals surface area contributed by atoms with E-state index in [1.807, 2.05) is 0 Å². The number of hydrogen-bond acceptors (Lipinski definition) is 3.